The highest BCUT2D eigenvalue weighted by atomic mass is 32.2. The van der Waals surface area contributed by atoms with E-state index in [1.165, 1.54) is 23.5 Å². The molecule has 0 aliphatic rings. The molecule has 1 aromatic carbocycles. The molecule has 3 aromatic rings. The number of furan rings is 1. The lowest BCUT2D eigenvalue weighted by Gasteiger charge is -2.19. The van der Waals surface area contributed by atoms with Crippen LogP contribution in [0.5, 0.6) is 0 Å². The first-order valence-corrected chi connectivity index (χ1v) is 10.8. The van der Waals surface area contributed by atoms with E-state index in [1.807, 2.05) is 24.5 Å². The fourth-order valence-corrected chi connectivity index (χ4v) is 3.66. The number of hydrogen-bond donors (Lipinski definition) is 1. The number of hydrazone groups is 1. The van der Waals surface area contributed by atoms with Crippen LogP contribution in [0.2, 0.25) is 0 Å². The Kier molecular flexibility index (Phi) is 6.77. The van der Waals surface area contributed by atoms with Gasteiger partial charge in [-0.05, 0) is 37.0 Å². The van der Waals surface area contributed by atoms with Crippen LogP contribution in [-0.2, 0) is 16.8 Å². The van der Waals surface area contributed by atoms with Gasteiger partial charge in [-0.15, -0.1) is 10.2 Å². The van der Waals surface area contributed by atoms with Crippen molar-refractivity contribution in [1.29, 1.82) is 0 Å². The molecule has 0 aliphatic carbocycles. The summed E-state index contributed by atoms with van der Waals surface area (Å²) in [5, 5.41) is 13.2. The molecule has 0 aliphatic heterocycles. The quantitative estimate of drug-likeness (QED) is 0.344. The smallest absolute Gasteiger partial charge is 0.250 e. The summed E-state index contributed by atoms with van der Waals surface area (Å²) in [5.74, 6) is 2.15. The SMILES string of the molecule is CCn1c(SCC(=O)N/N=C\c2ccc(C)o2)nnc1-c1ccc(C(C)(C)C)cc1. The molecule has 2 aromatic heterocycles. The number of amides is 1. The van der Waals surface area contributed by atoms with Gasteiger partial charge in [-0.2, -0.15) is 5.10 Å². The van der Waals surface area contributed by atoms with Gasteiger partial charge >= 0.3 is 0 Å². The maximum atomic E-state index is 12.1. The zero-order chi connectivity index (χ0) is 21.7. The van der Waals surface area contributed by atoms with Gasteiger partial charge in [-0.3, -0.25) is 4.79 Å². The van der Waals surface area contributed by atoms with E-state index in [9.17, 15) is 4.79 Å². The summed E-state index contributed by atoms with van der Waals surface area (Å²) in [4.78, 5) is 12.1. The Bertz CT molecular complexity index is 1030. The number of aryl methyl sites for hydroxylation is 1. The predicted molar refractivity (Wildman–Crippen MR) is 120 cm³/mol. The maximum Gasteiger partial charge on any atom is 0.250 e. The molecule has 0 bridgehead atoms. The maximum absolute atomic E-state index is 12.1. The standard InChI is InChI=1S/C22H27N5O2S/c1-6-27-20(16-8-10-17(11-9-16)22(3,4)5)25-26-21(27)30-14-19(28)24-23-13-18-12-7-15(2)29-18/h7-13H,6,14H2,1-5H3,(H,24,28)/b23-13-. The Balaban J connectivity index is 1.62. The van der Waals surface area contributed by atoms with Crippen molar-refractivity contribution in [1.82, 2.24) is 20.2 Å². The van der Waals surface area contributed by atoms with Gasteiger partial charge in [0.1, 0.15) is 11.5 Å². The number of thioether (sulfide) groups is 1. The van der Waals surface area contributed by atoms with Gasteiger partial charge in [0.2, 0.25) is 0 Å². The van der Waals surface area contributed by atoms with Crippen LogP contribution in [0.4, 0.5) is 0 Å². The number of carbonyl (C=O) groups excluding carboxylic acids is 1. The van der Waals surface area contributed by atoms with E-state index in [-0.39, 0.29) is 17.1 Å². The van der Waals surface area contributed by atoms with Crippen molar-refractivity contribution in [2.24, 2.45) is 5.10 Å². The second-order valence-corrected chi connectivity index (χ2v) is 8.85. The van der Waals surface area contributed by atoms with Crippen LogP contribution >= 0.6 is 11.8 Å². The molecule has 0 atom stereocenters. The average molecular weight is 426 g/mol. The lowest BCUT2D eigenvalue weighted by atomic mass is 9.87. The first-order valence-electron chi connectivity index (χ1n) is 9.83. The molecule has 0 unspecified atom stereocenters. The number of carbonyl (C=O) groups is 1. The molecular weight excluding hydrogens is 398 g/mol. The van der Waals surface area contributed by atoms with Crippen LogP contribution in [-0.4, -0.2) is 32.6 Å². The van der Waals surface area contributed by atoms with E-state index in [2.05, 4.69) is 65.8 Å². The first-order chi connectivity index (χ1) is 14.3. The van der Waals surface area contributed by atoms with Crippen LogP contribution < -0.4 is 5.43 Å². The summed E-state index contributed by atoms with van der Waals surface area (Å²) in [6.07, 6.45) is 1.48. The van der Waals surface area contributed by atoms with Gasteiger partial charge in [0, 0.05) is 12.1 Å². The third kappa shape index (κ3) is 5.38. The van der Waals surface area contributed by atoms with Crippen LogP contribution in [0.25, 0.3) is 11.4 Å². The summed E-state index contributed by atoms with van der Waals surface area (Å²) in [5.41, 5.74) is 4.88. The Morgan fingerprint density at radius 1 is 1.20 bits per heavy atom. The largest absolute Gasteiger partial charge is 0.460 e. The fraction of sp³-hybridized carbons (Fsp3) is 0.364. The second kappa shape index (κ2) is 9.30. The molecule has 0 radical (unpaired) electrons. The topological polar surface area (TPSA) is 85.3 Å². The highest BCUT2D eigenvalue weighted by Gasteiger charge is 2.17. The fourth-order valence-electron chi connectivity index (χ4n) is 2.87. The van der Waals surface area contributed by atoms with E-state index in [0.29, 0.717) is 17.5 Å². The minimum Gasteiger partial charge on any atom is -0.460 e. The van der Waals surface area contributed by atoms with Crippen molar-refractivity contribution in [3.63, 3.8) is 0 Å². The second-order valence-electron chi connectivity index (χ2n) is 7.91. The van der Waals surface area contributed by atoms with Crippen LogP contribution in [0.3, 0.4) is 0 Å². The van der Waals surface area contributed by atoms with E-state index in [0.717, 1.165) is 17.1 Å². The van der Waals surface area contributed by atoms with E-state index >= 15 is 0 Å². The van der Waals surface area contributed by atoms with Gasteiger partial charge in [0.25, 0.3) is 5.91 Å². The molecule has 0 saturated heterocycles. The molecule has 3 rings (SSSR count). The van der Waals surface area contributed by atoms with Gasteiger partial charge in [-0.1, -0.05) is 56.8 Å². The van der Waals surface area contributed by atoms with E-state index in [4.69, 9.17) is 4.42 Å². The van der Waals surface area contributed by atoms with Crippen molar-refractivity contribution < 1.29 is 9.21 Å². The molecule has 1 amide bonds. The summed E-state index contributed by atoms with van der Waals surface area (Å²) >= 11 is 1.33. The number of hydrogen-bond acceptors (Lipinski definition) is 6. The number of nitrogens with one attached hydrogen (secondary N) is 1. The van der Waals surface area contributed by atoms with Crippen molar-refractivity contribution in [3.05, 3.63) is 53.5 Å². The number of aromatic nitrogens is 3. The molecule has 0 spiro atoms. The molecule has 1 N–H and O–H groups in total. The number of nitrogens with zero attached hydrogens (tertiary/aromatic N) is 4. The Labute approximate surface area is 181 Å². The van der Waals surface area contributed by atoms with Crippen molar-refractivity contribution in [2.75, 3.05) is 5.75 Å². The summed E-state index contributed by atoms with van der Waals surface area (Å²) in [6, 6.07) is 12.0. The van der Waals surface area contributed by atoms with E-state index < -0.39 is 0 Å². The van der Waals surface area contributed by atoms with Crippen molar-refractivity contribution in [3.8, 4) is 11.4 Å². The normalized spacial score (nSPS) is 11.9. The number of rotatable bonds is 7. The third-order valence-electron chi connectivity index (χ3n) is 4.52. The highest BCUT2D eigenvalue weighted by molar-refractivity contribution is 7.99. The summed E-state index contributed by atoms with van der Waals surface area (Å²) in [7, 11) is 0. The summed E-state index contributed by atoms with van der Waals surface area (Å²) < 4.78 is 7.38. The Hall–Kier alpha value is -2.87. The van der Waals surface area contributed by atoms with E-state index in [1.54, 1.807) is 6.07 Å². The minimum absolute atomic E-state index is 0.101. The van der Waals surface area contributed by atoms with Crippen LogP contribution in [0, 0.1) is 6.92 Å². The molecular formula is C22H27N5O2S. The van der Waals surface area contributed by atoms with Gasteiger partial charge in [0.05, 0.1) is 12.0 Å². The predicted octanol–water partition coefficient (Wildman–Crippen LogP) is 4.41. The van der Waals surface area contributed by atoms with Gasteiger partial charge in [0.15, 0.2) is 11.0 Å². The van der Waals surface area contributed by atoms with Gasteiger partial charge in [-0.25, -0.2) is 5.43 Å². The number of benzene rings is 1. The molecule has 158 valence electrons. The first kappa shape index (κ1) is 21.8. The van der Waals surface area contributed by atoms with Crippen molar-refractivity contribution >= 4 is 23.9 Å². The summed E-state index contributed by atoms with van der Waals surface area (Å²) in [6.45, 7) is 11.2. The zero-order valence-electron chi connectivity index (χ0n) is 18.0. The minimum atomic E-state index is -0.221. The van der Waals surface area contributed by atoms with Crippen LogP contribution in [0.1, 0.15) is 44.8 Å². The zero-order valence-corrected chi connectivity index (χ0v) is 18.8. The third-order valence-corrected chi connectivity index (χ3v) is 5.48. The van der Waals surface area contributed by atoms with Gasteiger partial charge < -0.3 is 8.98 Å². The Morgan fingerprint density at radius 3 is 2.53 bits per heavy atom. The molecule has 2 heterocycles. The molecule has 0 saturated carbocycles. The van der Waals surface area contributed by atoms with Crippen molar-refractivity contribution in [2.45, 2.75) is 51.7 Å². The molecule has 30 heavy (non-hydrogen) atoms. The Morgan fingerprint density at radius 2 is 1.93 bits per heavy atom. The highest BCUT2D eigenvalue weighted by Crippen LogP contribution is 2.27. The molecule has 0 fully saturated rings. The monoisotopic (exact) mass is 425 g/mol. The molecule has 7 nitrogen and oxygen atoms in total. The molecule has 8 heteroatoms. The lowest BCUT2D eigenvalue weighted by molar-refractivity contribution is -0.118. The van der Waals surface area contributed by atoms with Crippen LogP contribution in [0.15, 0.2) is 51.1 Å². The average Bonchev–Trinajstić information content (AvgIpc) is 3.31. The lowest BCUT2D eigenvalue weighted by Crippen LogP contribution is -2.20.